The number of fused-ring (bicyclic) bond motifs is 1. The number of nitrogens with two attached hydrogens (primary N) is 1. The molecule has 3 rings (SSSR count). The van der Waals surface area contributed by atoms with Crippen LogP contribution in [0.2, 0.25) is 0 Å². The van der Waals surface area contributed by atoms with Crippen LogP contribution in [-0.4, -0.2) is 33.9 Å². The lowest BCUT2D eigenvalue weighted by Gasteiger charge is -2.25. The normalized spacial score (nSPS) is 17.1. The van der Waals surface area contributed by atoms with Crippen LogP contribution in [0.25, 0.3) is 5.52 Å². The van der Waals surface area contributed by atoms with Gasteiger partial charge in [0.15, 0.2) is 0 Å². The molecule has 0 amide bonds. The zero-order chi connectivity index (χ0) is 13.1. The lowest BCUT2D eigenvalue weighted by Crippen LogP contribution is -2.31. The predicted octanol–water partition coefficient (Wildman–Crippen LogP) is 1.82. The third-order valence-corrected chi connectivity index (χ3v) is 4.01. The van der Waals surface area contributed by atoms with E-state index in [2.05, 4.69) is 32.6 Å². The van der Waals surface area contributed by atoms with E-state index in [9.17, 15) is 0 Å². The molecule has 0 bridgehead atoms. The molecule has 102 valence electrons. The van der Waals surface area contributed by atoms with Crippen molar-refractivity contribution in [1.82, 2.24) is 14.3 Å². The van der Waals surface area contributed by atoms with Crippen LogP contribution in [0.1, 0.15) is 30.7 Å². The number of aromatic nitrogens is 2. The zero-order valence-electron chi connectivity index (χ0n) is 11.4. The molecule has 1 aliphatic rings. The molecule has 0 unspecified atom stereocenters. The third-order valence-electron chi connectivity index (χ3n) is 4.01. The first-order valence-electron chi connectivity index (χ1n) is 7.24. The number of piperidine rings is 1. The minimum absolute atomic E-state index is 0.588. The van der Waals surface area contributed by atoms with Gasteiger partial charge in [-0.15, -0.1) is 0 Å². The fourth-order valence-corrected chi connectivity index (χ4v) is 2.85. The van der Waals surface area contributed by atoms with Gasteiger partial charge in [-0.3, -0.25) is 0 Å². The van der Waals surface area contributed by atoms with Crippen molar-refractivity contribution in [3.05, 3.63) is 35.9 Å². The van der Waals surface area contributed by atoms with Gasteiger partial charge in [-0.2, -0.15) is 0 Å². The molecular weight excluding hydrogens is 236 g/mol. The quantitative estimate of drug-likeness (QED) is 0.910. The largest absolute Gasteiger partial charge is 0.326 e. The average molecular weight is 258 g/mol. The lowest BCUT2D eigenvalue weighted by atomic mass is 10.1. The van der Waals surface area contributed by atoms with Crippen molar-refractivity contribution < 1.29 is 0 Å². The molecule has 4 heteroatoms. The van der Waals surface area contributed by atoms with Crippen LogP contribution in [0.5, 0.6) is 0 Å². The highest BCUT2D eigenvalue weighted by Crippen LogP contribution is 2.12. The minimum Gasteiger partial charge on any atom is -0.326 e. The molecule has 0 aromatic carbocycles. The minimum atomic E-state index is 0.588. The summed E-state index contributed by atoms with van der Waals surface area (Å²) in [7, 11) is 0. The number of imidazole rings is 1. The first-order chi connectivity index (χ1) is 9.36. The van der Waals surface area contributed by atoms with E-state index in [1.54, 1.807) is 0 Å². The lowest BCUT2D eigenvalue weighted by molar-refractivity contribution is 0.230. The summed E-state index contributed by atoms with van der Waals surface area (Å²) < 4.78 is 2.18. The Labute approximate surface area is 114 Å². The van der Waals surface area contributed by atoms with E-state index in [4.69, 9.17) is 5.73 Å². The van der Waals surface area contributed by atoms with Crippen molar-refractivity contribution in [3.8, 4) is 0 Å². The van der Waals surface area contributed by atoms with Gasteiger partial charge >= 0.3 is 0 Å². The van der Waals surface area contributed by atoms with Gasteiger partial charge in [0.2, 0.25) is 0 Å². The second-order valence-electron chi connectivity index (χ2n) is 5.36. The van der Waals surface area contributed by atoms with Crippen LogP contribution in [0.4, 0.5) is 0 Å². The van der Waals surface area contributed by atoms with E-state index in [-0.39, 0.29) is 0 Å². The molecule has 19 heavy (non-hydrogen) atoms. The Morgan fingerprint density at radius 2 is 2.05 bits per heavy atom. The summed E-state index contributed by atoms with van der Waals surface area (Å²) >= 11 is 0. The molecule has 4 nitrogen and oxygen atoms in total. The van der Waals surface area contributed by atoms with Crippen molar-refractivity contribution in [3.63, 3.8) is 0 Å². The average Bonchev–Trinajstić information content (AvgIpc) is 2.88. The Hall–Kier alpha value is -1.39. The molecule has 2 aromatic heterocycles. The van der Waals surface area contributed by atoms with Crippen molar-refractivity contribution in [2.45, 2.75) is 32.2 Å². The number of rotatable bonds is 4. The Bertz CT molecular complexity index is 540. The van der Waals surface area contributed by atoms with E-state index in [0.717, 1.165) is 29.9 Å². The molecule has 2 aromatic rings. The zero-order valence-corrected chi connectivity index (χ0v) is 11.4. The summed E-state index contributed by atoms with van der Waals surface area (Å²) in [5.74, 6) is 1.16. The van der Waals surface area contributed by atoms with Gasteiger partial charge in [0.05, 0.1) is 11.7 Å². The van der Waals surface area contributed by atoms with Crippen LogP contribution in [0.15, 0.2) is 24.5 Å². The molecule has 0 radical (unpaired) electrons. The molecule has 0 saturated carbocycles. The van der Waals surface area contributed by atoms with Crippen LogP contribution < -0.4 is 5.73 Å². The predicted molar refractivity (Wildman–Crippen MR) is 77.1 cm³/mol. The van der Waals surface area contributed by atoms with Crippen LogP contribution in [0.3, 0.4) is 0 Å². The summed E-state index contributed by atoms with van der Waals surface area (Å²) in [6.45, 7) is 4.21. The van der Waals surface area contributed by atoms with Gasteiger partial charge in [0.25, 0.3) is 0 Å². The molecule has 0 atom stereocenters. The maximum Gasteiger partial charge on any atom is 0.114 e. The van der Waals surface area contributed by atoms with Crippen LogP contribution >= 0.6 is 0 Å². The number of hydrogen-bond acceptors (Lipinski definition) is 3. The fourth-order valence-electron chi connectivity index (χ4n) is 2.85. The molecule has 1 aliphatic heterocycles. The molecule has 0 aliphatic carbocycles. The maximum absolute atomic E-state index is 5.67. The summed E-state index contributed by atoms with van der Waals surface area (Å²) in [6, 6.07) is 4.20. The Kier molecular flexibility index (Phi) is 3.80. The third kappa shape index (κ3) is 2.80. The van der Waals surface area contributed by atoms with Crippen LogP contribution in [-0.2, 0) is 13.0 Å². The van der Waals surface area contributed by atoms with E-state index in [0.29, 0.717) is 6.54 Å². The Morgan fingerprint density at radius 3 is 2.84 bits per heavy atom. The smallest absolute Gasteiger partial charge is 0.114 e. The number of hydrogen-bond donors (Lipinski definition) is 1. The van der Waals surface area contributed by atoms with E-state index >= 15 is 0 Å². The van der Waals surface area contributed by atoms with Gasteiger partial charge in [-0.25, -0.2) is 4.98 Å². The summed E-state index contributed by atoms with van der Waals surface area (Å²) in [4.78, 5) is 7.10. The SMILES string of the molecule is NCc1ccn2c(CCN3CCCCC3)ncc2c1. The molecular formula is C15H22N4. The topological polar surface area (TPSA) is 46.6 Å². The standard InChI is InChI=1S/C15H22N4/c16-11-13-4-9-19-14(10-13)12-17-15(19)5-8-18-6-2-1-3-7-18/h4,9-10,12H,1-3,5-8,11,16H2. The Balaban J connectivity index is 1.70. The summed E-state index contributed by atoms with van der Waals surface area (Å²) in [6.07, 6.45) is 9.16. The van der Waals surface area contributed by atoms with Gasteiger partial charge in [0.1, 0.15) is 5.82 Å². The molecule has 0 spiro atoms. The second-order valence-corrected chi connectivity index (χ2v) is 5.36. The number of nitrogens with zero attached hydrogens (tertiary/aromatic N) is 3. The highest BCUT2D eigenvalue weighted by atomic mass is 15.1. The first kappa shape index (κ1) is 12.6. The van der Waals surface area contributed by atoms with Gasteiger partial charge in [-0.1, -0.05) is 6.42 Å². The first-order valence-corrected chi connectivity index (χ1v) is 7.24. The number of likely N-dealkylation sites (tertiary alicyclic amines) is 1. The molecule has 2 N–H and O–H groups in total. The van der Waals surface area contributed by atoms with Crippen molar-refractivity contribution in [1.29, 1.82) is 0 Å². The second kappa shape index (κ2) is 5.72. The maximum atomic E-state index is 5.67. The van der Waals surface area contributed by atoms with E-state index in [1.165, 1.54) is 32.4 Å². The van der Waals surface area contributed by atoms with Gasteiger partial charge in [0, 0.05) is 25.7 Å². The monoisotopic (exact) mass is 258 g/mol. The Morgan fingerprint density at radius 1 is 1.21 bits per heavy atom. The summed E-state index contributed by atoms with van der Waals surface area (Å²) in [5.41, 5.74) is 7.98. The molecule has 1 saturated heterocycles. The molecule has 1 fully saturated rings. The molecule has 3 heterocycles. The van der Waals surface area contributed by atoms with Crippen molar-refractivity contribution in [2.75, 3.05) is 19.6 Å². The van der Waals surface area contributed by atoms with Gasteiger partial charge < -0.3 is 15.0 Å². The fraction of sp³-hybridized carbons (Fsp3) is 0.533. The van der Waals surface area contributed by atoms with E-state index in [1.807, 2.05) is 6.20 Å². The number of pyridine rings is 1. The summed E-state index contributed by atoms with van der Waals surface area (Å²) in [5, 5.41) is 0. The van der Waals surface area contributed by atoms with E-state index < -0.39 is 0 Å². The van der Waals surface area contributed by atoms with Gasteiger partial charge in [-0.05, 0) is 43.6 Å². The van der Waals surface area contributed by atoms with Crippen molar-refractivity contribution >= 4 is 5.52 Å². The highest BCUT2D eigenvalue weighted by molar-refractivity contribution is 5.48. The van der Waals surface area contributed by atoms with Crippen LogP contribution in [0, 0.1) is 0 Å². The van der Waals surface area contributed by atoms with Crippen molar-refractivity contribution in [2.24, 2.45) is 5.73 Å². The highest BCUT2D eigenvalue weighted by Gasteiger charge is 2.11.